The molecule has 0 aliphatic carbocycles. The van der Waals surface area contributed by atoms with Gasteiger partial charge in [-0.05, 0) is 25.0 Å². The van der Waals surface area contributed by atoms with Crippen LogP contribution in [-0.2, 0) is 4.79 Å². The first-order chi connectivity index (χ1) is 9.61. The monoisotopic (exact) mass is 279 g/mol. The standard InChI is InChI=1S/C13H17N3O4/c1-20-12-5-4-10(8-11(12)16(18)19)14-9-13(17)15-6-2-3-7-15/h4-5,8,14H,2-3,6-7,9H2,1H3. The predicted octanol–water partition coefficient (Wildman–Crippen LogP) is 1.64. The molecule has 0 spiro atoms. The zero-order valence-corrected chi connectivity index (χ0v) is 11.3. The minimum atomic E-state index is -0.508. The number of ether oxygens (including phenoxy) is 1. The zero-order valence-electron chi connectivity index (χ0n) is 11.3. The highest BCUT2D eigenvalue weighted by molar-refractivity contribution is 5.81. The highest BCUT2D eigenvalue weighted by Crippen LogP contribution is 2.29. The van der Waals surface area contributed by atoms with E-state index in [1.807, 2.05) is 0 Å². The van der Waals surface area contributed by atoms with Crippen molar-refractivity contribution in [2.24, 2.45) is 0 Å². The first kappa shape index (κ1) is 14.1. The minimum Gasteiger partial charge on any atom is -0.490 e. The van der Waals surface area contributed by atoms with Gasteiger partial charge in [-0.15, -0.1) is 0 Å². The summed E-state index contributed by atoms with van der Waals surface area (Å²) in [5.41, 5.74) is 0.413. The van der Waals surface area contributed by atoms with Crippen LogP contribution in [0.2, 0.25) is 0 Å². The molecule has 1 aliphatic heterocycles. The number of anilines is 1. The van der Waals surface area contributed by atoms with E-state index in [4.69, 9.17) is 4.74 Å². The molecule has 7 heteroatoms. The quantitative estimate of drug-likeness (QED) is 0.654. The number of rotatable bonds is 5. The molecule has 7 nitrogen and oxygen atoms in total. The lowest BCUT2D eigenvalue weighted by Gasteiger charge is -2.16. The first-order valence-corrected chi connectivity index (χ1v) is 6.46. The average molecular weight is 279 g/mol. The molecule has 1 amide bonds. The van der Waals surface area contributed by atoms with Crippen molar-refractivity contribution in [1.82, 2.24) is 4.90 Å². The molecule has 1 saturated heterocycles. The van der Waals surface area contributed by atoms with Crippen LogP contribution in [0.1, 0.15) is 12.8 Å². The third-order valence-corrected chi connectivity index (χ3v) is 3.28. The van der Waals surface area contributed by atoms with Gasteiger partial charge in [0.1, 0.15) is 0 Å². The second-order valence-corrected chi connectivity index (χ2v) is 4.59. The van der Waals surface area contributed by atoms with Crippen LogP contribution in [-0.4, -0.2) is 42.5 Å². The molecule has 1 heterocycles. The van der Waals surface area contributed by atoms with Crippen LogP contribution in [0.5, 0.6) is 5.75 Å². The lowest BCUT2D eigenvalue weighted by Crippen LogP contribution is -2.32. The Labute approximate surface area is 116 Å². The van der Waals surface area contributed by atoms with Gasteiger partial charge in [0.2, 0.25) is 5.91 Å². The van der Waals surface area contributed by atoms with E-state index in [9.17, 15) is 14.9 Å². The van der Waals surface area contributed by atoms with Gasteiger partial charge in [0.05, 0.1) is 18.6 Å². The van der Waals surface area contributed by atoms with E-state index >= 15 is 0 Å². The molecular weight excluding hydrogens is 262 g/mol. The van der Waals surface area contributed by atoms with Gasteiger partial charge in [0.25, 0.3) is 0 Å². The topological polar surface area (TPSA) is 84.7 Å². The van der Waals surface area contributed by atoms with Crippen molar-refractivity contribution in [3.8, 4) is 5.75 Å². The van der Waals surface area contributed by atoms with E-state index < -0.39 is 4.92 Å². The second-order valence-electron chi connectivity index (χ2n) is 4.59. The highest BCUT2D eigenvalue weighted by atomic mass is 16.6. The third kappa shape index (κ3) is 3.17. The zero-order chi connectivity index (χ0) is 14.5. The fourth-order valence-electron chi connectivity index (χ4n) is 2.20. The SMILES string of the molecule is COc1ccc(NCC(=O)N2CCCC2)cc1[N+](=O)[O-]. The summed E-state index contributed by atoms with van der Waals surface area (Å²) in [5, 5.41) is 13.8. The smallest absolute Gasteiger partial charge is 0.312 e. The van der Waals surface area contributed by atoms with Gasteiger partial charge in [-0.25, -0.2) is 0 Å². The molecule has 0 atom stereocenters. The van der Waals surface area contributed by atoms with E-state index in [2.05, 4.69) is 5.32 Å². The Hall–Kier alpha value is -2.31. The van der Waals surface area contributed by atoms with Crippen molar-refractivity contribution in [3.05, 3.63) is 28.3 Å². The molecule has 2 rings (SSSR count). The number of carbonyl (C=O) groups is 1. The maximum Gasteiger partial charge on any atom is 0.312 e. The van der Waals surface area contributed by atoms with Gasteiger partial charge in [-0.3, -0.25) is 14.9 Å². The van der Waals surface area contributed by atoms with Crippen LogP contribution < -0.4 is 10.1 Å². The Morgan fingerprint density at radius 2 is 2.15 bits per heavy atom. The summed E-state index contributed by atoms with van der Waals surface area (Å²) in [6, 6.07) is 4.54. The molecule has 1 aromatic carbocycles. The molecule has 1 aromatic rings. The Kier molecular flexibility index (Phi) is 4.39. The van der Waals surface area contributed by atoms with E-state index in [0.717, 1.165) is 25.9 Å². The van der Waals surface area contributed by atoms with Crippen molar-refractivity contribution in [2.45, 2.75) is 12.8 Å². The van der Waals surface area contributed by atoms with Crippen LogP contribution in [0.4, 0.5) is 11.4 Å². The summed E-state index contributed by atoms with van der Waals surface area (Å²) in [4.78, 5) is 24.1. The van der Waals surface area contributed by atoms with Gasteiger partial charge in [0.15, 0.2) is 5.75 Å². The van der Waals surface area contributed by atoms with E-state index in [1.54, 1.807) is 11.0 Å². The summed E-state index contributed by atoms with van der Waals surface area (Å²) in [6.07, 6.45) is 2.08. The fraction of sp³-hybridized carbons (Fsp3) is 0.462. The number of likely N-dealkylation sites (tertiary alicyclic amines) is 1. The third-order valence-electron chi connectivity index (χ3n) is 3.28. The molecule has 1 aliphatic rings. The molecule has 0 saturated carbocycles. The Balaban J connectivity index is 2.00. The van der Waals surface area contributed by atoms with Gasteiger partial charge < -0.3 is 15.0 Å². The summed E-state index contributed by atoms with van der Waals surface area (Å²) < 4.78 is 4.92. The lowest BCUT2D eigenvalue weighted by atomic mass is 10.2. The number of nitrogens with one attached hydrogen (secondary N) is 1. The molecule has 0 unspecified atom stereocenters. The van der Waals surface area contributed by atoms with Gasteiger partial charge in [0, 0.05) is 24.8 Å². The van der Waals surface area contributed by atoms with E-state index in [1.165, 1.54) is 19.2 Å². The van der Waals surface area contributed by atoms with Crippen molar-refractivity contribution in [3.63, 3.8) is 0 Å². The Bertz CT molecular complexity index is 512. The number of carbonyl (C=O) groups excluding carboxylic acids is 1. The van der Waals surface area contributed by atoms with Crippen molar-refractivity contribution in [1.29, 1.82) is 0 Å². The first-order valence-electron chi connectivity index (χ1n) is 6.46. The molecule has 0 aromatic heterocycles. The number of benzene rings is 1. The average Bonchev–Trinajstić information content (AvgIpc) is 2.98. The summed E-state index contributed by atoms with van der Waals surface area (Å²) >= 11 is 0. The van der Waals surface area contributed by atoms with Gasteiger partial charge in [-0.2, -0.15) is 0 Å². The maximum atomic E-state index is 11.9. The number of methoxy groups -OCH3 is 1. The summed E-state index contributed by atoms with van der Waals surface area (Å²) in [5.74, 6) is 0.215. The molecule has 0 radical (unpaired) electrons. The number of amides is 1. The maximum absolute atomic E-state index is 11.9. The molecule has 1 N–H and O–H groups in total. The van der Waals surface area contributed by atoms with Crippen LogP contribution in [0.3, 0.4) is 0 Å². The number of nitro groups is 1. The van der Waals surface area contributed by atoms with Gasteiger partial charge >= 0.3 is 5.69 Å². The Morgan fingerprint density at radius 3 is 2.75 bits per heavy atom. The van der Waals surface area contributed by atoms with Crippen molar-refractivity contribution in [2.75, 3.05) is 32.1 Å². The lowest BCUT2D eigenvalue weighted by molar-refractivity contribution is -0.385. The molecule has 108 valence electrons. The predicted molar refractivity (Wildman–Crippen MR) is 74.0 cm³/mol. The van der Waals surface area contributed by atoms with E-state index in [-0.39, 0.29) is 23.9 Å². The number of hydrogen-bond donors (Lipinski definition) is 1. The van der Waals surface area contributed by atoms with Crippen LogP contribution in [0, 0.1) is 10.1 Å². The summed E-state index contributed by atoms with van der Waals surface area (Å²) in [7, 11) is 1.38. The number of nitrogens with zero attached hydrogens (tertiary/aromatic N) is 2. The summed E-state index contributed by atoms with van der Waals surface area (Å²) in [6.45, 7) is 1.73. The van der Waals surface area contributed by atoms with Crippen molar-refractivity contribution < 1.29 is 14.5 Å². The fourth-order valence-corrected chi connectivity index (χ4v) is 2.20. The number of hydrogen-bond acceptors (Lipinski definition) is 5. The van der Waals surface area contributed by atoms with Crippen molar-refractivity contribution >= 4 is 17.3 Å². The normalized spacial score (nSPS) is 14.2. The van der Waals surface area contributed by atoms with E-state index in [0.29, 0.717) is 5.69 Å². The minimum absolute atomic E-state index is 0.0148. The molecular formula is C13H17N3O4. The van der Waals surface area contributed by atoms with Crippen LogP contribution >= 0.6 is 0 Å². The Morgan fingerprint density at radius 1 is 1.45 bits per heavy atom. The van der Waals surface area contributed by atoms with Crippen LogP contribution in [0.25, 0.3) is 0 Å². The van der Waals surface area contributed by atoms with Gasteiger partial charge in [-0.1, -0.05) is 0 Å². The van der Waals surface area contributed by atoms with Crippen LogP contribution in [0.15, 0.2) is 18.2 Å². The number of nitro benzene ring substituents is 1. The second kappa shape index (κ2) is 6.23. The largest absolute Gasteiger partial charge is 0.490 e. The molecule has 20 heavy (non-hydrogen) atoms. The molecule has 1 fully saturated rings. The molecule has 0 bridgehead atoms. The highest BCUT2D eigenvalue weighted by Gasteiger charge is 2.18.